The molecule has 2 heterocycles. The first kappa shape index (κ1) is 21.2. The van der Waals surface area contributed by atoms with Gasteiger partial charge in [0, 0.05) is 11.3 Å². The third kappa shape index (κ3) is 4.39. The second kappa shape index (κ2) is 8.63. The Labute approximate surface area is 184 Å². The summed E-state index contributed by atoms with van der Waals surface area (Å²) in [5.41, 5.74) is 2.05. The molecule has 1 N–H and O–H groups in total. The Bertz CT molecular complexity index is 1080. The fourth-order valence-corrected chi connectivity index (χ4v) is 4.39. The highest BCUT2D eigenvalue weighted by Crippen LogP contribution is 2.35. The van der Waals surface area contributed by atoms with Crippen molar-refractivity contribution in [3.63, 3.8) is 0 Å². The van der Waals surface area contributed by atoms with Gasteiger partial charge in [-0.2, -0.15) is 0 Å². The van der Waals surface area contributed by atoms with Crippen LogP contribution in [0.4, 0.5) is 15.8 Å². The number of halogens is 1. The predicted molar refractivity (Wildman–Crippen MR) is 122 cm³/mol. The summed E-state index contributed by atoms with van der Waals surface area (Å²) in [5.74, 6) is 0.168. The Kier molecular flexibility index (Phi) is 5.91. The third-order valence-electron chi connectivity index (χ3n) is 5.01. The maximum absolute atomic E-state index is 13.2. The van der Waals surface area contributed by atoms with E-state index in [-0.39, 0.29) is 17.6 Å². The molecule has 0 bridgehead atoms. The number of thioether (sulfide) groups is 1. The number of fused-ring (bicyclic) bond motifs is 3. The lowest BCUT2D eigenvalue weighted by Gasteiger charge is -2.27. The molecule has 0 aliphatic carbocycles. The molecule has 0 spiro atoms. The molecule has 2 atom stereocenters. The fraction of sp³-hybridized carbons (Fsp3) is 0.304. The largest absolute Gasteiger partial charge is 0.325 e. The number of rotatable bonds is 5. The summed E-state index contributed by atoms with van der Waals surface area (Å²) < 4.78 is 13.1. The van der Waals surface area contributed by atoms with Crippen LogP contribution >= 0.6 is 11.8 Å². The zero-order chi connectivity index (χ0) is 22.1. The lowest BCUT2D eigenvalue weighted by molar-refractivity contribution is -0.125. The number of hydrogen-bond donors (Lipinski definition) is 1. The standard InChI is InChI=1S/C23H23FN4O2S/c1-13(2)12-19-22(30)28-20(26-19)17-6-4-5-7-18(17)27-23(28)31-14(3)21(29)25-16-10-8-15(24)9-11-16/h4-11,13-14,19H,12H2,1-3H3,(H,25,29)/t14-,19-/m0/s1. The van der Waals surface area contributed by atoms with Crippen LogP contribution in [0.1, 0.15) is 32.8 Å². The first-order chi connectivity index (χ1) is 14.8. The van der Waals surface area contributed by atoms with Gasteiger partial charge in [-0.05, 0) is 55.7 Å². The molecule has 0 saturated heterocycles. The average molecular weight is 439 g/mol. The Morgan fingerprint density at radius 3 is 2.58 bits per heavy atom. The zero-order valence-electron chi connectivity index (χ0n) is 17.5. The van der Waals surface area contributed by atoms with Crippen LogP contribution in [0.25, 0.3) is 0 Å². The molecule has 2 amide bonds. The SMILES string of the molecule is CC(C)C[C@@H]1N=C2c3ccccc3N=C(S[C@@H](C)C(=O)Nc3ccc(F)cc3)N2C1=O. The topological polar surface area (TPSA) is 74.1 Å². The van der Waals surface area contributed by atoms with Crippen molar-refractivity contribution in [1.82, 2.24) is 4.90 Å². The minimum Gasteiger partial charge on any atom is -0.325 e. The van der Waals surface area contributed by atoms with Gasteiger partial charge in [0.1, 0.15) is 17.7 Å². The Morgan fingerprint density at radius 2 is 1.87 bits per heavy atom. The van der Waals surface area contributed by atoms with Gasteiger partial charge in [-0.3, -0.25) is 14.6 Å². The van der Waals surface area contributed by atoms with Crippen LogP contribution in [0.3, 0.4) is 0 Å². The number of aliphatic imine (C=N–C) groups is 2. The summed E-state index contributed by atoms with van der Waals surface area (Å²) in [6, 6.07) is 12.7. The molecule has 0 fully saturated rings. The normalized spacial score (nSPS) is 18.3. The minimum atomic E-state index is -0.535. The van der Waals surface area contributed by atoms with Gasteiger partial charge >= 0.3 is 0 Å². The maximum Gasteiger partial charge on any atom is 0.259 e. The van der Waals surface area contributed by atoms with E-state index in [0.717, 1.165) is 11.3 Å². The Morgan fingerprint density at radius 1 is 1.16 bits per heavy atom. The zero-order valence-corrected chi connectivity index (χ0v) is 18.3. The van der Waals surface area contributed by atoms with Crippen LogP contribution in [-0.4, -0.2) is 39.0 Å². The lowest BCUT2D eigenvalue weighted by Crippen LogP contribution is -2.42. The first-order valence-electron chi connectivity index (χ1n) is 10.2. The second-order valence-corrected chi connectivity index (χ2v) is 9.25. The summed E-state index contributed by atoms with van der Waals surface area (Å²) in [7, 11) is 0. The van der Waals surface area contributed by atoms with E-state index in [0.29, 0.717) is 29.0 Å². The van der Waals surface area contributed by atoms with Crippen molar-refractivity contribution in [2.45, 2.75) is 38.5 Å². The quantitative estimate of drug-likeness (QED) is 0.742. The lowest BCUT2D eigenvalue weighted by atomic mass is 10.0. The van der Waals surface area contributed by atoms with Gasteiger partial charge in [-0.25, -0.2) is 14.3 Å². The van der Waals surface area contributed by atoms with Crippen molar-refractivity contribution in [3.05, 3.63) is 59.9 Å². The number of nitrogens with one attached hydrogen (secondary N) is 1. The number of anilines is 1. The van der Waals surface area contributed by atoms with Gasteiger partial charge < -0.3 is 5.32 Å². The van der Waals surface area contributed by atoms with E-state index in [2.05, 4.69) is 24.2 Å². The van der Waals surface area contributed by atoms with Crippen LogP contribution in [-0.2, 0) is 9.59 Å². The van der Waals surface area contributed by atoms with Crippen molar-refractivity contribution < 1.29 is 14.0 Å². The average Bonchev–Trinajstić information content (AvgIpc) is 3.06. The summed E-state index contributed by atoms with van der Waals surface area (Å²) in [5, 5.41) is 2.67. The highest BCUT2D eigenvalue weighted by atomic mass is 32.2. The maximum atomic E-state index is 13.2. The van der Waals surface area contributed by atoms with Gasteiger partial charge in [-0.15, -0.1) is 0 Å². The number of para-hydroxylation sites is 1. The van der Waals surface area contributed by atoms with Gasteiger partial charge in [0.2, 0.25) is 5.91 Å². The van der Waals surface area contributed by atoms with Crippen molar-refractivity contribution in [1.29, 1.82) is 0 Å². The fourth-order valence-electron chi connectivity index (χ4n) is 3.47. The van der Waals surface area contributed by atoms with Crippen molar-refractivity contribution in [3.8, 4) is 0 Å². The monoisotopic (exact) mass is 438 g/mol. The molecule has 2 aromatic rings. The number of benzene rings is 2. The molecule has 2 aliphatic heterocycles. The summed E-state index contributed by atoms with van der Waals surface area (Å²) in [6.45, 7) is 5.87. The van der Waals surface area contributed by atoms with Crippen LogP contribution in [0.15, 0.2) is 58.5 Å². The second-order valence-electron chi connectivity index (χ2n) is 7.94. The molecule has 0 unspecified atom stereocenters. The third-order valence-corrected chi connectivity index (χ3v) is 6.06. The molecular formula is C23H23FN4O2S. The number of hydrogen-bond acceptors (Lipinski definition) is 5. The van der Waals surface area contributed by atoms with Gasteiger partial charge in [0.25, 0.3) is 5.91 Å². The highest BCUT2D eigenvalue weighted by Gasteiger charge is 2.42. The molecule has 2 aliphatic rings. The summed E-state index contributed by atoms with van der Waals surface area (Å²) in [4.78, 5) is 36.8. The van der Waals surface area contributed by atoms with E-state index < -0.39 is 11.3 Å². The van der Waals surface area contributed by atoms with E-state index in [1.807, 2.05) is 24.3 Å². The molecule has 0 aromatic heterocycles. The molecule has 0 radical (unpaired) electrons. The predicted octanol–water partition coefficient (Wildman–Crippen LogP) is 4.59. The van der Waals surface area contributed by atoms with Crippen molar-refractivity contribution in [2.75, 3.05) is 5.32 Å². The highest BCUT2D eigenvalue weighted by molar-refractivity contribution is 8.15. The molecular weight excluding hydrogens is 415 g/mol. The number of amidine groups is 2. The van der Waals surface area contributed by atoms with Gasteiger partial charge in [0.15, 0.2) is 5.17 Å². The number of amides is 2. The van der Waals surface area contributed by atoms with E-state index in [4.69, 9.17) is 4.99 Å². The van der Waals surface area contributed by atoms with E-state index in [9.17, 15) is 14.0 Å². The minimum absolute atomic E-state index is 0.115. The molecule has 4 rings (SSSR count). The first-order valence-corrected chi connectivity index (χ1v) is 11.0. The van der Waals surface area contributed by atoms with Crippen LogP contribution in [0.5, 0.6) is 0 Å². The molecule has 2 aromatic carbocycles. The summed E-state index contributed by atoms with van der Waals surface area (Å²) >= 11 is 1.20. The molecule has 0 saturated carbocycles. The molecule has 8 heteroatoms. The summed E-state index contributed by atoms with van der Waals surface area (Å²) in [6.07, 6.45) is 0.652. The number of carbonyl (C=O) groups excluding carboxylic acids is 2. The van der Waals surface area contributed by atoms with Crippen LogP contribution in [0.2, 0.25) is 0 Å². The van der Waals surface area contributed by atoms with E-state index >= 15 is 0 Å². The van der Waals surface area contributed by atoms with Gasteiger partial charge in [-0.1, -0.05) is 37.7 Å². The Balaban J connectivity index is 1.58. The molecule has 160 valence electrons. The molecule has 6 nitrogen and oxygen atoms in total. The molecule has 31 heavy (non-hydrogen) atoms. The van der Waals surface area contributed by atoms with Crippen molar-refractivity contribution in [2.24, 2.45) is 15.9 Å². The van der Waals surface area contributed by atoms with Crippen molar-refractivity contribution >= 4 is 46.0 Å². The van der Waals surface area contributed by atoms with E-state index in [1.54, 1.807) is 11.8 Å². The number of nitrogens with zero attached hydrogens (tertiary/aromatic N) is 3. The number of carbonyl (C=O) groups is 2. The van der Waals surface area contributed by atoms with Gasteiger partial charge in [0.05, 0.1) is 10.9 Å². The smallest absolute Gasteiger partial charge is 0.259 e. The van der Waals surface area contributed by atoms with E-state index in [1.165, 1.54) is 36.0 Å². The van der Waals surface area contributed by atoms with Crippen LogP contribution < -0.4 is 5.32 Å². The van der Waals surface area contributed by atoms with Crippen LogP contribution in [0, 0.1) is 11.7 Å². The Hall–Kier alpha value is -3.00.